The normalized spacial score (nSPS) is 18.7. The molecule has 3 aromatic rings. The van der Waals surface area contributed by atoms with Gasteiger partial charge in [-0.2, -0.15) is 0 Å². The van der Waals surface area contributed by atoms with Crippen LogP contribution >= 0.6 is 11.3 Å². The molecule has 1 aromatic heterocycles. The number of benzene rings is 2. The molecule has 0 spiro atoms. The maximum absolute atomic E-state index is 12.4. The van der Waals surface area contributed by atoms with Crippen molar-refractivity contribution in [1.29, 1.82) is 0 Å². The van der Waals surface area contributed by atoms with Gasteiger partial charge in [-0.1, -0.05) is 30.3 Å². The van der Waals surface area contributed by atoms with Gasteiger partial charge in [-0.05, 0) is 42.2 Å². The number of thiazole rings is 1. The van der Waals surface area contributed by atoms with Gasteiger partial charge in [0.15, 0.2) is 5.13 Å². The predicted molar refractivity (Wildman–Crippen MR) is 105 cm³/mol. The second kappa shape index (κ2) is 7.13. The third-order valence-corrected chi connectivity index (χ3v) is 6.61. The minimum atomic E-state index is -3.69. The van der Waals surface area contributed by atoms with E-state index in [-0.39, 0.29) is 22.6 Å². The van der Waals surface area contributed by atoms with Crippen molar-refractivity contribution in [2.45, 2.75) is 17.2 Å². The zero-order valence-corrected chi connectivity index (χ0v) is 15.8. The molecule has 27 heavy (non-hydrogen) atoms. The zero-order valence-electron chi connectivity index (χ0n) is 14.2. The van der Waals surface area contributed by atoms with E-state index in [1.54, 1.807) is 17.5 Å². The van der Waals surface area contributed by atoms with Crippen LogP contribution in [0.4, 0.5) is 10.8 Å². The van der Waals surface area contributed by atoms with Crippen LogP contribution in [0.2, 0.25) is 0 Å². The van der Waals surface area contributed by atoms with E-state index in [4.69, 9.17) is 0 Å². The van der Waals surface area contributed by atoms with Crippen molar-refractivity contribution in [2.24, 2.45) is 5.92 Å². The fourth-order valence-electron chi connectivity index (χ4n) is 2.95. The lowest BCUT2D eigenvalue weighted by Crippen LogP contribution is -2.15. The van der Waals surface area contributed by atoms with E-state index in [0.717, 1.165) is 6.42 Å². The molecule has 1 aliphatic rings. The van der Waals surface area contributed by atoms with Crippen molar-refractivity contribution >= 4 is 38.1 Å². The van der Waals surface area contributed by atoms with Crippen LogP contribution in [-0.4, -0.2) is 19.3 Å². The third-order valence-electron chi connectivity index (χ3n) is 4.44. The van der Waals surface area contributed by atoms with E-state index in [1.807, 2.05) is 30.3 Å². The van der Waals surface area contributed by atoms with E-state index in [2.05, 4.69) is 15.0 Å². The number of nitrogens with one attached hydrogen (secondary N) is 2. The topological polar surface area (TPSA) is 88.2 Å². The first-order valence-electron chi connectivity index (χ1n) is 8.41. The highest BCUT2D eigenvalue weighted by atomic mass is 32.2. The van der Waals surface area contributed by atoms with Gasteiger partial charge in [0.2, 0.25) is 5.91 Å². The zero-order chi connectivity index (χ0) is 18.9. The number of carbonyl (C=O) groups is 1. The monoisotopic (exact) mass is 399 g/mol. The summed E-state index contributed by atoms with van der Waals surface area (Å²) in [5.74, 6) is 0.177. The largest absolute Gasteiger partial charge is 0.326 e. The van der Waals surface area contributed by atoms with Crippen LogP contribution in [0.5, 0.6) is 0 Å². The Hall–Kier alpha value is -2.71. The summed E-state index contributed by atoms with van der Waals surface area (Å²) < 4.78 is 27.1. The molecule has 2 aromatic carbocycles. The molecule has 0 aliphatic heterocycles. The number of hydrogen-bond acceptors (Lipinski definition) is 5. The molecule has 138 valence electrons. The molecule has 1 heterocycles. The third kappa shape index (κ3) is 4.01. The average molecular weight is 399 g/mol. The molecular formula is C19H17N3O3S2. The highest BCUT2D eigenvalue weighted by molar-refractivity contribution is 7.93. The number of nitrogens with zero attached hydrogens (tertiary/aromatic N) is 1. The van der Waals surface area contributed by atoms with E-state index >= 15 is 0 Å². The number of carbonyl (C=O) groups excluding carboxylic acids is 1. The molecule has 1 saturated carbocycles. The molecule has 0 unspecified atom stereocenters. The maximum atomic E-state index is 12.4. The Labute approximate surface area is 161 Å². The standard InChI is InChI=1S/C19H17N3O3S2/c23-18(17-12-16(17)13-4-2-1-3-5-13)21-14-6-8-15(9-7-14)27(24,25)22-19-20-10-11-26-19/h1-11,16-17H,12H2,(H,20,22)(H,21,23)/t16-,17+/m1/s1. The lowest BCUT2D eigenvalue weighted by Gasteiger charge is -2.08. The van der Waals surface area contributed by atoms with Crippen molar-refractivity contribution in [3.8, 4) is 0 Å². The molecule has 6 nitrogen and oxygen atoms in total. The van der Waals surface area contributed by atoms with Gasteiger partial charge < -0.3 is 5.32 Å². The van der Waals surface area contributed by atoms with Gasteiger partial charge in [0.25, 0.3) is 10.0 Å². The first-order chi connectivity index (χ1) is 13.0. The summed E-state index contributed by atoms with van der Waals surface area (Å²) in [5, 5.41) is 4.87. The fourth-order valence-corrected chi connectivity index (χ4v) is 4.74. The fraction of sp³-hybridized carbons (Fsp3) is 0.158. The number of anilines is 2. The summed E-state index contributed by atoms with van der Waals surface area (Å²) in [6.45, 7) is 0. The number of rotatable bonds is 6. The lowest BCUT2D eigenvalue weighted by atomic mass is 10.1. The van der Waals surface area contributed by atoms with Gasteiger partial charge in [0.1, 0.15) is 0 Å². The van der Waals surface area contributed by atoms with Crippen LogP contribution in [0.3, 0.4) is 0 Å². The highest BCUT2D eigenvalue weighted by Crippen LogP contribution is 2.47. The van der Waals surface area contributed by atoms with Crippen LogP contribution in [0, 0.1) is 5.92 Å². The Bertz CT molecular complexity index is 1030. The number of hydrogen-bond donors (Lipinski definition) is 2. The van der Waals surface area contributed by atoms with E-state index in [9.17, 15) is 13.2 Å². The van der Waals surface area contributed by atoms with Gasteiger partial charge in [-0.15, -0.1) is 11.3 Å². The summed E-state index contributed by atoms with van der Waals surface area (Å²) in [6.07, 6.45) is 2.36. The molecule has 1 aliphatic carbocycles. The Kier molecular flexibility index (Phi) is 4.67. The SMILES string of the molecule is O=C(Nc1ccc(S(=O)(=O)Nc2nccs2)cc1)[C@H]1C[C@@H]1c1ccccc1. The molecule has 2 N–H and O–H groups in total. The quantitative estimate of drug-likeness (QED) is 0.662. The summed E-state index contributed by atoms with van der Waals surface area (Å²) in [4.78, 5) is 16.4. The smallest absolute Gasteiger partial charge is 0.263 e. The molecule has 2 atom stereocenters. The first-order valence-corrected chi connectivity index (χ1v) is 10.8. The Balaban J connectivity index is 1.39. The van der Waals surface area contributed by atoms with Crippen LogP contribution < -0.4 is 10.0 Å². The molecule has 0 saturated heterocycles. The van der Waals surface area contributed by atoms with Crippen LogP contribution in [0.15, 0.2) is 71.1 Å². The molecule has 1 fully saturated rings. The maximum Gasteiger partial charge on any atom is 0.263 e. The molecule has 0 bridgehead atoms. The van der Waals surface area contributed by atoms with Crippen molar-refractivity contribution < 1.29 is 13.2 Å². The van der Waals surface area contributed by atoms with Gasteiger partial charge in [-0.25, -0.2) is 13.4 Å². The number of sulfonamides is 1. The van der Waals surface area contributed by atoms with Gasteiger partial charge in [-0.3, -0.25) is 9.52 Å². The van der Waals surface area contributed by atoms with Gasteiger partial charge in [0, 0.05) is 23.2 Å². The summed E-state index contributed by atoms with van der Waals surface area (Å²) in [5.41, 5.74) is 1.75. The van der Waals surface area contributed by atoms with E-state index in [1.165, 1.54) is 35.2 Å². The van der Waals surface area contributed by atoms with Gasteiger partial charge >= 0.3 is 0 Å². The van der Waals surface area contributed by atoms with Crippen molar-refractivity contribution in [2.75, 3.05) is 10.0 Å². The van der Waals surface area contributed by atoms with Gasteiger partial charge in [0.05, 0.1) is 4.90 Å². The number of aromatic nitrogens is 1. The van der Waals surface area contributed by atoms with E-state index in [0.29, 0.717) is 10.8 Å². The Morgan fingerprint density at radius 2 is 1.81 bits per heavy atom. The van der Waals surface area contributed by atoms with Crippen LogP contribution in [0.1, 0.15) is 17.9 Å². The molecule has 4 rings (SSSR count). The second-order valence-corrected chi connectivity index (χ2v) is 8.89. The predicted octanol–water partition coefficient (Wildman–Crippen LogP) is 3.69. The Morgan fingerprint density at radius 3 is 2.48 bits per heavy atom. The summed E-state index contributed by atoms with van der Waals surface area (Å²) >= 11 is 1.21. The van der Waals surface area contributed by atoms with Crippen molar-refractivity contribution in [3.63, 3.8) is 0 Å². The Morgan fingerprint density at radius 1 is 1.07 bits per heavy atom. The van der Waals surface area contributed by atoms with Crippen LogP contribution in [0.25, 0.3) is 0 Å². The molecule has 8 heteroatoms. The average Bonchev–Trinajstić information content (AvgIpc) is 3.33. The first kappa shape index (κ1) is 17.7. The molecular weight excluding hydrogens is 382 g/mol. The second-order valence-electron chi connectivity index (χ2n) is 6.32. The molecule has 1 amide bonds. The van der Waals surface area contributed by atoms with E-state index < -0.39 is 10.0 Å². The van der Waals surface area contributed by atoms with Crippen LogP contribution in [-0.2, 0) is 14.8 Å². The van der Waals surface area contributed by atoms with Crippen molar-refractivity contribution in [1.82, 2.24) is 4.98 Å². The lowest BCUT2D eigenvalue weighted by molar-refractivity contribution is -0.117. The molecule has 0 radical (unpaired) electrons. The summed E-state index contributed by atoms with van der Waals surface area (Å²) in [7, 11) is -3.69. The van der Waals surface area contributed by atoms with Crippen molar-refractivity contribution in [3.05, 3.63) is 71.7 Å². The minimum Gasteiger partial charge on any atom is -0.326 e. The highest BCUT2D eigenvalue weighted by Gasteiger charge is 2.43. The number of amides is 1. The minimum absolute atomic E-state index is 0.0395. The summed E-state index contributed by atoms with van der Waals surface area (Å²) in [6, 6.07) is 16.1.